The number of allylic oxidation sites excluding steroid dienone is 3. The summed E-state index contributed by atoms with van der Waals surface area (Å²) in [6.07, 6.45) is 1.09. The van der Waals surface area contributed by atoms with Crippen LogP contribution in [0.15, 0.2) is 39.3 Å². The van der Waals surface area contributed by atoms with Gasteiger partial charge in [0.05, 0.1) is 37.9 Å². The van der Waals surface area contributed by atoms with Crippen LogP contribution in [0.3, 0.4) is 0 Å². The topological polar surface area (TPSA) is 97.8 Å². The van der Waals surface area contributed by atoms with Crippen molar-refractivity contribution in [2.75, 3.05) is 34.0 Å². The van der Waals surface area contributed by atoms with Gasteiger partial charge in [-0.15, -0.1) is 0 Å². The molecule has 8 heteroatoms. The second-order valence-electron chi connectivity index (χ2n) is 8.75. The average Bonchev–Trinajstić information content (AvgIpc) is 2.72. The van der Waals surface area contributed by atoms with Gasteiger partial charge in [0.1, 0.15) is 5.82 Å². The number of Topliss-reactive ketones (excluding diaryl/α,β-unsaturated/α-hetero) is 1. The van der Waals surface area contributed by atoms with Crippen molar-refractivity contribution in [2.24, 2.45) is 11.1 Å². The fraction of sp³-hybridized carbons (Fsp3) is 0.500. The van der Waals surface area contributed by atoms with Crippen molar-refractivity contribution in [3.63, 3.8) is 0 Å². The third kappa shape index (κ3) is 4.37. The van der Waals surface area contributed by atoms with Crippen LogP contribution in [0.1, 0.15) is 45.1 Å². The van der Waals surface area contributed by atoms with Crippen molar-refractivity contribution in [3.05, 3.63) is 44.8 Å². The minimum Gasteiger partial charge on any atom is -0.493 e. The van der Waals surface area contributed by atoms with Crippen LogP contribution >= 0.6 is 15.9 Å². The fourth-order valence-electron chi connectivity index (χ4n) is 4.52. The molecule has 1 aromatic carbocycles. The van der Waals surface area contributed by atoms with Gasteiger partial charge >= 0.3 is 0 Å². The number of rotatable bonds is 7. The van der Waals surface area contributed by atoms with Crippen molar-refractivity contribution < 1.29 is 19.0 Å². The Morgan fingerprint density at radius 3 is 2.59 bits per heavy atom. The van der Waals surface area contributed by atoms with Crippen LogP contribution in [-0.2, 0) is 9.53 Å². The number of hydrogen-bond acceptors (Lipinski definition) is 7. The van der Waals surface area contributed by atoms with Gasteiger partial charge < -0.3 is 24.8 Å². The molecular formula is C24H30BrN3O4. The van der Waals surface area contributed by atoms with Gasteiger partial charge in [-0.25, -0.2) is 0 Å². The molecule has 2 N–H and O–H groups in total. The molecular weight excluding hydrogens is 474 g/mol. The van der Waals surface area contributed by atoms with E-state index in [2.05, 4.69) is 35.8 Å². The Labute approximate surface area is 197 Å². The molecule has 0 unspecified atom stereocenters. The van der Waals surface area contributed by atoms with E-state index in [1.54, 1.807) is 14.2 Å². The number of hydrogen-bond donors (Lipinski definition) is 1. The van der Waals surface area contributed by atoms with Crippen LogP contribution in [0, 0.1) is 16.7 Å². The number of nitrogens with two attached hydrogens (primary N) is 1. The van der Waals surface area contributed by atoms with Gasteiger partial charge in [0, 0.05) is 35.8 Å². The summed E-state index contributed by atoms with van der Waals surface area (Å²) in [5, 5.41) is 10.1. The third-order valence-corrected chi connectivity index (χ3v) is 6.59. The van der Waals surface area contributed by atoms with E-state index in [0.717, 1.165) is 15.7 Å². The number of ether oxygens (including phenoxy) is 3. The minimum atomic E-state index is -0.587. The first-order chi connectivity index (χ1) is 15.2. The largest absolute Gasteiger partial charge is 0.493 e. The van der Waals surface area contributed by atoms with Gasteiger partial charge in [0.25, 0.3) is 0 Å². The first-order valence-electron chi connectivity index (χ1n) is 10.6. The Balaban J connectivity index is 2.27. The molecule has 172 valence electrons. The lowest BCUT2D eigenvalue weighted by molar-refractivity contribution is -0.118. The van der Waals surface area contributed by atoms with Gasteiger partial charge in [-0.3, -0.25) is 4.79 Å². The monoisotopic (exact) mass is 503 g/mol. The summed E-state index contributed by atoms with van der Waals surface area (Å²) < 4.78 is 17.2. The highest BCUT2D eigenvalue weighted by Gasteiger charge is 2.44. The molecule has 1 aliphatic carbocycles. The van der Waals surface area contributed by atoms with Crippen molar-refractivity contribution in [2.45, 2.75) is 39.5 Å². The zero-order valence-electron chi connectivity index (χ0n) is 19.3. The molecule has 1 aromatic rings. The Hall–Kier alpha value is -2.50. The SMILES string of the molecule is CCOc1cc(Br)c([C@H]2C(C#N)=C(N)N(CCOC)C3=C2C(=O)CC(C)(C)C3)cc1OC. The predicted octanol–water partition coefficient (Wildman–Crippen LogP) is 4.24. The highest BCUT2D eigenvalue weighted by molar-refractivity contribution is 9.10. The Kier molecular flexibility index (Phi) is 7.21. The van der Waals surface area contributed by atoms with E-state index in [1.807, 2.05) is 24.0 Å². The second-order valence-corrected chi connectivity index (χ2v) is 9.60. The lowest BCUT2D eigenvalue weighted by atomic mass is 9.68. The summed E-state index contributed by atoms with van der Waals surface area (Å²) in [4.78, 5) is 15.4. The molecule has 0 bridgehead atoms. The zero-order valence-corrected chi connectivity index (χ0v) is 20.8. The number of benzene rings is 1. The van der Waals surface area contributed by atoms with Crippen molar-refractivity contribution >= 4 is 21.7 Å². The van der Waals surface area contributed by atoms with E-state index in [-0.39, 0.29) is 11.2 Å². The Bertz CT molecular complexity index is 1020. The van der Waals surface area contributed by atoms with Crippen LogP contribution in [0.25, 0.3) is 0 Å². The highest BCUT2D eigenvalue weighted by Crippen LogP contribution is 2.51. The number of methoxy groups -OCH3 is 2. The molecule has 0 saturated heterocycles. The van der Waals surface area contributed by atoms with Gasteiger partial charge in [-0.1, -0.05) is 29.8 Å². The third-order valence-electron chi connectivity index (χ3n) is 5.90. The molecule has 0 aromatic heterocycles. The smallest absolute Gasteiger partial charge is 0.162 e. The molecule has 32 heavy (non-hydrogen) atoms. The second kappa shape index (κ2) is 9.55. The van der Waals surface area contributed by atoms with E-state index in [1.165, 1.54) is 0 Å². The zero-order chi connectivity index (χ0) is 23.6. The van der Waals surface area contributed by atoms with Crippen LogP contribution in [0.5, 0.6) is 11.5 Å². The molecule has 1 atom stereocenters. The van der Waals surface area contributed by atoms with Gasteiger partial charge in [0.2, 0.25) is 0 Å². The van der Waals surface area contributed by atoms with Gasteiger partial charge in [0.15, 0.2) is 17.3 Å². The fourth-order valence-corrected chi connectivity index (χ4v) is 5.08. The summed E-state index contributed by atoms with van der Waals surface area (Å²) in [5.74, 6) is 0.927. The standard InChI is InChI=1S/C24H30BrN3O4/c1-6-32-20-10-16(25)14(9-19(20)31-5)21-15(13-26)23(27)28(7-8-30-4)17-11-24(2,3)12-18(29)22(17)21/h9-10,21H,6-8,11-12,27H2,1-5H3/t21-/m0/s1. The summed E-state index contributed by atoms with van der Waals surface area (Å²) in [7, 11) is 3.18. The minimum absolute atomic E-state index is 0.0312. The summed E-state index contributed by atoms with van der Waals surface area (Å²) in [5.41, 5.74) is 8.93. The molecule has 7 nitrogen and oxygen atoms in total. The summed E-state index contributed by atoms with van der Waals surface area (Å²) in [6.45, 7) is 7.43. The molecule has 1 aliphatic heterocycles. The van der Waals surface area contributed by atoms with Gasteiger partial charge in [-0.2, -0.15) is 5.26 Å². The maximum absolute atomic E-state index is 13.5. The lowest BCUT2D eigenvalue weighted by Gasteiger charge is -2.44. The van der Waals surface area contributed by atoms with Crippen LogP contribution in [-0.4, -0.2) is 44.7 Å². The summed E-state index contributed by atoms with van der Waals surface area (Å²) >= 11 is 3.63. The number of nitriles is 1. The normalized spacial score (nSPS) is 20.2. The maximum atomic E-state index is 13.5. The Morgan fingerprint density at radius 2 is 2.00 bits per heavy atom. The van der Waals surface area contributed by atoms with Gasteiger partial charge in [-0.05, 0) is 36.5 Å². The van der Waals surface area contributed by atoms with Crippen molar-refractivity contribution in [3.8, 4) is 17.6 Å². The molecule has 0 amide bonds. The van der Waals surface area contributed by atoms with E-state index in [9.17, 15) is 10.1 Å². The highest BCUT2D eigenvalue weighted by atomic mass is 79.9. The first kappa shape index (κ1) is 24.1. The molecule has 0 spiro atoms. The molecule has 0 radical (unpaired) electrons. The quantitative estimate of drug-likeness (QED) is 0.593. The van der Waals surface area contributed by atoms with Crippen LogP contribution in [0.4, 0.5) is 0 Å². The number of carbonyl (C=O) groups excluding carboxylic acids is 1. The van der Waals surface area contributed by atoms with Crippen LogP contribution in [0.2, 0.25) is 0 Å². The Morgan fingerprint density at radius 1 is 1.28 bits per heavy atom. The number of nitrogens with zero attached hydrogens (tertiary/aromatic N) is 2. The van der Waals surface area contributed by atoms with E-state index < -0.39 is 5.92 Å². The first-order valence-corrected chi connectivity index (χ1v) is 11.4. The average molecular weight is 504 g/mol. The molecule has 3 rings (SSSR count). The van der Waals surface area contributed by atoms with Crippen molar-refractivity contribution in [1.82, 2.24) is 4.90 Å². The van der Waals surface area contributed by atoms with E-state index in [0.29, 0.717) is 61.1 Å². The van der Waals surface area contributed by atoms with Crippen LogP contribution < -0.4 is 15.2 Å². The lowest BCUT2D eigenvalue weighted by Crippen LogP contribution is -2.43. The molecule has 0 saturated carbocycles. The number of ketones is 1. The molecule has 1 heterocycles. The van der Waals surface area contributed by atoms with E-state index >= 15 is 0 Å². The van der Waals surface area contributed by atoms with E-state index in [4.69, 9.17) is 19.9 Å². The maximum Gasteiger partial charge on any atom is 0.162 e. The molecule has 0 fully saturated rings. The number of halogens is 1. The van der Waals surface area contributed by atoms with Crippen molar-refractivity contribution in [1.29, 1.82) is 5.26 Å². The molecule has 2 aliphatic rings. The predicted molar refractivity (Wildman–Crippen MR) is 125 cm³/mol. The summed E-state index contributed by atoms with van der Waals surface area (Å²) in [6, 6.07) is 5.92. The number of carbonyl (C=O) groups is 1.